The maximum Gasteiger partial charge on any atom is 0.327 e. The molecule has 0 saturated heterocycles. The van der Waals surface area contributed by atoms with E-state index >= 15 is 0 Å². The van der Waals surface area contributed by atoms with E-state index in [1.807, 2.05) is 6.92 Å². The summed E-state index contributed by atoms with van der Waals surface area (Å²) in [6, 6.07) is 9.27. The first kappa shape index (κ1) is 23.0. The summed E-state index contributed by atoms with van der Waals surface area (Å²) in [6.45, 7) is 1.88. The van der Waals surface area contributed by atoms with Crippen molar-refractivity contribution < 1.29 is 22.7 Å². The van der Waals surface area contributed by atoms with Gasteiger partial charge in [-0.25, -0.2) is 27.8 Å². The van der Waals surface area contributed by atoms with Gasteiger partial charge in [0.05, 0.1) is 18.8 Å². The third-order valence-corrected chi connectivity index (χ3v) is 4.43. The number of hydrogen-bond donors (Lipinski definition) is 2. The van der Waals surface area contributed by atoms with Gasteiger partial charge >= 0.3 is 6.03 Å². The standard InChI is InChI=1S/C22H22F3N5O2/c1-14(13-32-2)28-21-26-11-10-20(29-21)30(16-8-6-15(23)7-9-16)22(31)27-12-17-18(24)4-3-5-19(17)25/h3-11,14H,12-13H2,1-2H3,(H,27,31)(H,26,28,29)/t14-/m0/s1. The molecule has 2 amide bonds. The number of carbonyl (C=O) groups is 1. The van der Waals surface area contributed by atoms with Crippen LogP contribution in [0.15, 0.2) is 54.7 Å². The number of carbonyl (C=O) groups excluding carboxylic acids is 1. The van der Waals surface area contributed by atoms with Crippen molar-refractivity contribution in [3.05, 3.63) is 77.7 Å². The molecule has 0 saturated carbocycles. The number of benzene rings is 2. The zero-order valence-electron chi connectivity index (χ0n) is 17.5. The molecule has 3 aromatic rings. The Morgan fingerprint density at radius 2 is 1.78 bits per heavy atom. The summed E-state index contributed by atoms with van der Waals surface area (Å²) in [7, 11) is 1.56. The second-order valence-electron chi connectivity index (χ2n) is 6.91. The topological polar surface area (TPSA) is 79.4 Å². The summed E-state index contributed by atoms with van der Waals surface area (Å²) in [4.78, 5) is 22.7. The summed E-state index contributed by atoms with van der Waals surface area (Å²) in [6.07, 6.45) is 1.45. The van der Waals surface area contributed by atoms with Crippen LogP contribution in [0.3, 0.4) is 0 Å². The Balaban J connectivity index is 1.89. The molecule has 2 aromatic carbocycles. The molecule has 0 fully saturated rings. The molecule has 3 rings (SSSR count). The highest BCUT2D eigenvalue weighted by atomic mass is 19.1. The second-order valence-corrected chi connectivity index (χ2v) is 6.91. The molecule has 0 radical (unpaired) electrons. The lowest BCUT2D eigenvalue weighted by Gasteiger charge is -2.23. The third kappa shape index (κ3) is 5.73. The van der Waals surface area contributed by atoms with Gasteiger partial charge in [-0.15, -0.1) is 0 Å². The molecule has 0 spiro atoms. The molecular formula is C22H22F3N5O2. The highest BCUT2D eigenvalue weighted by molar-refractivity contribution is 5.98. The molecular weight excluding hydrogens is 423 g/mol. The predicted molar refractivity (Wildman–Crippen MR) is 114 cm³/mol. The molecule has 1 aromatic heterocycles. The van der Waals surface area contributed by atoms with Crippen molar-refractivity contribution in [1.29, 1.82) is 0 Å². The quantitative estimate of drug-likeness (QED) is 0.538. The number of nitrogens with one attached hydrogen (secondary N) is 2. The van der Waals surface area contributed by atoms with Crippen LogP contribution < -0.4 is 15.5 Å². The molecule has 1 heterocycles. The van der Waals surface area contributed by atoms with Crippen LogP contribution in [0.4, 0.5) is 35.4 Å². The fourth-order valence-electron chi connectivity index (χ4n) is 2.94. The van der Waals surface area contributed by atoms with E-state index in [1.165, 1.54) is 42.6 Å². The number of nitrogens with zero attached hydrogens (tertiary/aromatic N) is 3. The molecule has 0 bridgehead atoms. The lowest BCUT2D eigenvalue weighted by atomic mass is 10.2. The maximum absolute atomic E-state index is 13.9. The van der Waals surface area contributed by atoms with Crippen molar-refractivity contribution in [2.75, 3.05) is 23.9 Å². The van der Waals surface area contributed by atoms with Crippen LogP contribution in [0.1, 0.15) is 12.5 Å². The molecule has 0 aliphatic rings. The number of hydrogen-bond acceptors (Lipinski definition) is 5. The number of ether oxygens (including phenoxy) is 1. The van der Waals surface area contributed by atoms with Crippen molar-refractivity contribution in [1.82, 2.24) is 15.3 Å². The number of amides is 2. The summed E-state index contributed by atoms with van der Waals surface area (Å²) in [5.74, 6) is -1.63. The highest BCUT2D eigenvalue weighted by Gasteiger charge is 2.21. The molecule has 32 heavy (non-hydrogen) atoms. The van der Waals surface area contributed by atoms with E-state index in [-0.39, 0.29) is 23.4 Å². The Morgan fingerprint density at radius 3 is 2.44 bits per heavy atom. The Bertz CT molecular complexity index is 1050. The van der Waals surface area contributed by atoms with Crippen LogP contribution in [0.5, 0.6) is 0 Å². The second kappa shape index (κ2) is 10.6. The van der Waals surface area contributed by atoms with Gasteiger partial charge in [0.2, 0.25) is 5.95 Å². The zero-order chi connectivity index (χ0) is 23.1. The van der Waals surface area contributed by atoms with E-state index in [0.29, 0.717) is 12.3 Å². The Labute approximate surface area is 183 Å². The summed E-state index contributed by atoms with van der Waals surface area (Å²) in [5.41, 5.74) is 0.0193. The lowest BCUT2D eigenvalue weighted by molar-refractivity contribution is 0.190. The Hall–Kier alpha value is -3.66. The fourth-order valence-corrected chi connectivity index (χ4v) is 2.94. The molecule has 10 heteroatoms. The summed E-state index contributed by atoms with van der Waals surface area (Å²) < 4.78 is 46.4. The van der Waals surface area contributed by atoms with Gasteiger partial charge in [0, 0.05) is 31.0 Å². The molecule has 1 atom stereocenters. The minimum atomic E-state index is -0.778. The minimum Gasteiger partial charge on any atom is -0.383 e. The van der Waals surface area contributed by atoms with Crippen molar-refractivity contribution >= 4 is 23.5 Å². The van der Waals surface area contributed by atoms with Gasteiger partial charge in [-0.2, -0.15) is 4.98 Å². The monoisotopic (exact) mass is 445 g/mol. The van der Waals surface area contributed by atoms with Crippen molar-refractivity contribution in [3.63, 3.8) is 0 Å². The van der Waals surface area contributed by atoms with Gasteiger partial charge in [-0.3, -0.25) is 0 Å². The number of methoxy groups -OCH3 is 1. The molecule has 0 unspecified atom stereocenters. The van der Waals surface area contributed by atoms with Gasteiger partial charge in [0.15, 0.2) is 0 Å². The number of anilines is 3. The van der Waals surface area contributed by atoms with Crippen LogP contribution in [-0.4, -0.2) is 35.8 Å². The van der Waals surface area contributed by atoms with Gasteiger partial charge in [-0.1, -0.05) is 6.07 Å². The van der Waals surface area contributed by atoms with Gasteiger partial charge in [-0.05, 0) is 43.3 Å². The Kier molecular flexibility index (Phi) is 7.61. The first-order valence-electron chi connectivity index (χ1n) is 9.74. The van der Waals surface area contributed by atoms with Gasteiger partial charge in [0.25, 0.3) is 0 Å². The minimum absolute atomic E-state index is 0.104. The third-order valence-electron chi connectivity index (χ3n) is 4.43. The lowest BCUT2D eigenvalue weighted by Crippen LogP contribution is -2.37. The van der Waals surface area contributed by atoms with Gasteiger partial charge < -0.3 is 15.4 Å². The van der Waals surface area contributed by atoms with E-state index < -0.39 is 30.0 Å². The number of rotatable bonds is 8. The predicted octanol–water partition coefficient (Wildman–Crippen LogP) is 4.39. The number of halogens is 3. The summed E-state index contributed by atoms with van der Waals surface area (Å²) >= 11 is 0. The molecule has 0 aliphatic carbocycles. The van der Waals surface area contributed by atoms with Crippen molar-refractivity contribution in [3.8, 4) is 0 Å². The maximum atomic E-state index is 13.9. The van der Waals surface area contributed by atoms with E-state index in [4.69, 9.17) is 4.74 Å². The highest BCUT2D eigenvalue weighted by Crippen LogP contribution is 2.25. The molecule has 0 aliphatic heterocycles. The zero-order valence-corrected chi connectivity index (χ0v) is 17.5. The van der Waals surface area contributed by atoms with Crippen LogP contribution >= 0.6 is 0 Å². The largest absolute Gasteiger partial charge is 0.383 e. The van der Waals surface area contributed by atoms with Crippen LogP contribution in [0, 0.1) is 17.5 Å². The van der Waals surface area contributed by atoms with E-state index in [2.05, 4.69) is 20.6 Å². The first-order chi connectivity index (χ1) is 15.4. The number of urea groups is 1. The smallest absolute Gasteiger partial charge is 0.327 e. The number of aromatic nitrogens is 2. The normalized spacial score (nSPS) is 11.7. The Morgan fingerprint density at radius 1 is 1.09 bits per heavy atom. The van der Waals surface area contributed by atoms with E-state index in [9.17, 15) is 18.0 Å². The average molecular weight is 445 g/mol. The van der Waals surface area contributed by atoms with Crippen LogP contribution in [0.2, 0.25) is 0 Å². The van der Waals surface area contributed by atoms with Crippen molar-refractivity contribution in [2.24, 2.45) is 0 Å². The SMILES string of the molecule is COC[C@H](C)Nc1nccc(N(C(=O)NCc2c(F)cccc2F)c2ccc(F)cc2)n1. The molecule has 2 N–H and O–H groups in total. The molecule has 7 nitrogen and oxygen atoms in total. The van der Waals surface area contributed by atoms with Crippen molar-refractivity contribution in [2.45, 2.75) is 19.5 Å². The average Bonchev–Trinajstić information content (AvgIpc) is 2.75. The molecule has 168 valence electrons. The van der Waals surface area contributed by atoms with Gasteiger partial charge in [0.1, 0.15) is 23.3 Å². The van der Waals surface area contributed by atoms with Crippen LogP contribution in [0.25, 0.3) is 0 Å². The van der Waals surface area contributed by atoms with E-state index in [1.54, 1.807) is 7.11 Å². The van der Waals surface area contributed by atoms with E-state index in [0.717, 1.165) is 17.0 Å². The van der Waals surface area contributed by atoms with Crippen LogP contribution in [-0.2, 0) is 11.3 Å². The first-order valence-corrected chi connectivity index (χ1v) is 9.74. The fraction of sp³-hybridized carbons (Fsp3) is 0.227. The summed E-state index contributed by atoms with van der Waals surface area (Å²) in [5, 5.41) is 5.53.